The summed E-state index contributed by atoms with van der Waals surface area (Å²) in [4.78, 5) is 16.9. The fourth-order valence-corrected chi connectivity index (χ4v) is 2.76. The highest BCUT2D eigenvalue weighted by Gasteiger charge is 2.19. The van der Waals surface area contributed by atoms with Crippen LogP contribution < -0.4 is 22.1 Å². The molecule has 0 aliphatic heterocycles. The molecule has 0 radical (unpaired) electrons. The van der Waals surface area contributed by atoms with E-state index in [0.29, 0.717) is 5.56 Å². The molecule has 6 N–H and O–H groups in total. The summed E-state index contributed by atoms with van der Waals surface area (Å²) >= 11 is 0. The zero-order valence-corrected chi connectivity index (χ0v) is 17.6. The standard InChI is InChI=1S/C22H26F2N6O/c1-22(2,3)30-21(29-20(31)14-6-4-5-13(7-14)12-25)28-19(27)11-18(26)15-8-16(23)10-17(24)9-15/h4-10,18-19H,11,26-27H2,1-3H3,(H2,28,29,30,31). The molecular weight excluding hydrogens is 402 g/mol. The van der Waals surface area contributed by atoms with E-state index in [2.05, 4.69) is 15.6 Å². The highest BCUT2D eigenvalue weighted by atomic mass is 19.1. The number of hydrogen-bond acceptors (Lipinski definition) is 5. The number of nitrogens with one attached hydrogen (secondary N) is 2. The Hall–Kier alpha value is -3.35. The van der Waals surface area contributed by atoms with Crippen LogP contribution in [0.4, 0.5) is 8.78 Å². The van der Waals surface area contributed by atoms with Crippen LogP contribution in [-0.2, 0) is 0 Å². The van der Waals surface area contributed by atoms with Crippen molar-refractivity contribution in [1.29, 1.82) is 5.26 Å². The SMILES string of the molecule is CC(C)(C)NC(=NC(N)CC(N)c1cc(F)cc(F)c1)NC(=O)c1cccc(C#N)c1. The van der Waals surface area contributed by atoms with Crippen molar-refractivity contribution in [3.8, 4) is 6.07 Å². The molecule has 0 fully saturated rings. The Morgan fingerprint density at radius 2 is 1.81 bits per heavy atom. The maximum absolute atomic E-state index is 13.4. The molecule has 0 heterocycles. The van der Waals surface area contributed by atoms with Gasteiger partial charge in [-0.25, -0.2) is 13.8 Å². The molecule has 2 rings (SSSR count). The Kier molecular flexibility index (Phi) is 7.80. The molecule has 2 aromatic rings. The molecule has 2 aromatic carbocycles. The maximum Gasteiger partial charge on any atom is 0.257 e. The average molecular weight is 428 g/mol. The lowest BCUT2D eigenvalue weighted by molar-refractivity contribution is 0.0975. The summed E-state index contributed by atoms with van der Waals surface area (Å²) in [5.41, 5.74) is 12.6. The molecule has 0 spiro atoms. The molecule has 2 unspecified atom stereocenters. The van der Waals surface area contributed by atoms with E-state index in [-0.39, 0.29) is 23.5 Å². The second kappa shape index (κ2) is 10.1. The van der Waals surface area contributed by atoms with Crippen LogP contribution in [0.5, 0.6) is 0 Å². The van der Waals surface area contributed by atoms with E-state index in [1.54, 1.807) is 18.2 Å². The van der Waals surface area contributed by atoms with Crippen LogP contribution in [0.1, 0.15) is 54.7 Å². The minimum atomic E-state index is -0.864. The fourth-order valence-electron chi connectivity index (χ4n) is 2.76. The zero-order valence-electron chi connectivity index (χ0n) is 17.6. The molecule has 0 aliphatic rings. The Bertz CT molecular complexity index is 990. The normalized spacial score (nSPS) is 13.8. The van der Waals surface area contributed by atoms with Gasteiger partial charge in [0, 0.05) is 29.6 Å². The van der Waals surface area contributed by atoms with Crippen molar-refractivity contribution in [3.05, 3.63) is 70.8 Å². The van der Waals surface area contributed by atoms with E-state index in [9.17, 15) is 13.6 Å². The number of guanidine groups is 1. The number of nitrogens with two attached hydrogens (primary N) is 2. The second-order valence-corrected chi connectivity index (χ2v) is 8.11. The molecule has 31 heavy (non-hydrogen) atoms. The first-order chi connectivity index (χ1) is 14.5. The van der Waals surface area contributed by atoms with Gasteiger partial charge in [-0.15, -0.1) is 0 Å². The predicted molar refractivity (Wildman–Crippen MR) is 115 cm³/mol. The molecule has 164 valence electrons. The smallest absolute Gasteiger partial charge is 0.257 e. The average Bonchev–Trinajstić information content (AvgIpc) is 2.65. The quantitative estimate of drug-likeness (QED) is 0.430. The number of carbonyl (C=O) groups excluding carboxylic acids is 1. The molecule has 0 saturated carbocycles. The number of nitriles is 1. The minimum Gasteiger partial charge on any atom is -0.351 e. The van der Waals surface area contributed by atoms with Crippen molar-refractivity contribution < 1.29 is 13.6 Å². The lowest BCUT2D eigenvalue weighted by atomic mass is 10.0. The van der Waals surface area contributed by atoms with Crippen molar-refractivity contribution >= 4 is 11.9 Å². The van der Waals surface area contributed by atoms with Crippen molar-refractivity contribution in [1.82, 2.24) is 10.6 Å². The zero-order chi connectivity index (χ0) is 23.2. The van der Waals surface area contributed by atoms with E-state index < -0.39 is 35.3 Å². The summed E-state index contributed by atoms with van der Waals surface area (Å²) in [7, 11) is 0. The van der Waals surface area contributed by atoms with Gasteiger partial charge in [-0.2, -0.15) is 5.26 Å². The number of carbonyl (C=O) groups is 1. The largest absolute Gasteiger partial charge is 0.351 e. The van der Waals surface area contributed by atoms with Crippen molar-refractivity contribution in [2.45, 2.75) is 44.9 Å². The summed E-state index contributed by atoms with van der Waals surface area (Å²) in [5.74, 6) is -1.82. The van der Waals surface area contributed by atoms with Gasteiger partial charge in [0.05, 0.1) is 11.6 Å². The topological polar surface area (TPSA) is 129 Å². The summed E-state index contributed by atoms with van der Waals surface area (Å²) in [6.07, 6.45) is -0.783. The van der Waals surface area contributed by atoms with Crippen molar-refractivity contribution in [2.24, 2.45) is 16.5 Å². The molecule has 0 bridgehead atoms. The van der Waals surface area contributed by atoms with Gasteiger partial charge in [-0.05, 0) is 56.7 Å². The molecule has 0 aliphatic carbocycles. The number of hydrogen-bond donors (Lipinski definition) is 4. The third-order valence-corrected chi connectivity index (χ3v) is 4.08. The lowest BCUT2D eigenvalue weighted by Crippen LogP contribution is -2.50. The van der Waals surface area contributed by atoms with Gasteiger partial charge in [-0.3, -0.25) is 10.1 Å². The number of benzene rings is 2. The number of halogens is 2. The Morgan fingerprint density at radius 3 is 2.39 bits per heavy atom. The first kappa shape index (κ1) is 23.9. The second-order valence-electron chi connectivity index (χ2n) is 8.11. The molecule has 2 atom stereocenters. The molecule has 0 aromatic heterocycles. The van der Waals surface area contributed by atoms with E-state index in [1.807, 2.05) is 26.8 Å². The molecule has 1 amide bonds. The number of rotatable bonds is 5. The Balaban J connectivity index is 2.19. The number of aliphatic imine (C=N–C) groups is 1. The van der Waals surface area contributed by atoms with Gasteiger partial charge in [0.2, 0.25) is 0 Å². The summed E-state index contributed by atoms with van der Waals surface area (Å²) in [6.45, 7) is 5.62. The summed E-state index contributed by atoms with van der Waals surface area (Å²) < 4.78 is 26.9. The highest BCUT2D eigenvalue weighted by Crippen LogP contribution is 2.18. The van der Waals surface area contributed by atoms with Gasteiger partial charge >= 0.3 is 0 Å². The number of amides is 1. The van der Waals surface area contributed by atoms with Crippen molar-refractivity contribution in [2.75, 3.05) is 0 Å². The number of nitrogens with zero attached hydrogens (tertiary/aromatic N) is 2. The van der Waals surface area contributed by atoms with Crippen LogP contribution in [0.25, 0.3) is 0 Å². The van der Waals surface area contributed by atoms with Crippen LogP contribution in [0.15, 0.2) is 47.5 Å². The summed E-state index contributed by atoms with van der Waals surface area (Å²) in [6, 6.07) is 10.5. The molecule has 9 heteroatoms. The van der Waals surface area contributed by atoms with E-state index in [1.165, 1.54) is 6.07 Å². The Morgan fingerprint density at radius 1 is 1.16 bits per heavy atom. The Labute approximate surface area is 180 Å². The van der Waals surface area contributed by atoms with Crippen LogP contribution in [0.3, 0.4) is 0 Å². The maximum atomic E-state index is 13.4. The van der Waals surface area contributed by atoms with Crippen LogP contribution >= 0.6 is 0 Å². The first-order valence-corrected chi connectivity index (χ1v) is 9.61. The van der Waals surface area contributed by atoms with Crippen LogP contribution in [0.2, 0.25) is 0 Å². The van der Waals surface area contributed by atoms with Crippen molar-refractivity contribution in [3.63, 3.8) is 0 Å². The third-order valence-electron chi connectivity index (χ3n) is 4.08. The molecule has 0 saturated heterocycles. The van der Waals surface area contributed by atoms with Crippen LogP contribution in [-0.4, -0.2) is 23.6 Å². The van der Waals surface area contributed by atoms with Gasteiger partial charge in [-0.1, -0.05) is 6.07 Å². The van der Waals surface area contributed by atoms with Gasteiger partial charge < -0.3 is 16.8 Å². The van der Waals surface area contributed by atoms with E-state index >= 15 is 0 Å². The van der Waals surface area contributed by atoms with Crippen LogP contribution in [0, 0.1) is 23.0 Å². The van der Waals surface area contributed by atoms with Gasteiger partial charge in [0.15, 0.2) is 5.96 Å². The highest BCUT2D eigenvalue weighted by molar-refractivity contribution is 6.06. The van der Waals surface area contributed by atoms with E-state index in [4.69, 9.17) is 16.7 Å². The van der Waals surface area contributed by atoms with E-state index in [0.717, 1.165) is 18.2 Å². The monoisotopic (exact) mass is 428 g/mol. The van der Waals surface area contributed by atoms with Gasteiger partial charge in [0.25, 0.3) is 5.91 Å². The van der Waals surface area contributed by atoms with Gasteiger partial charge in [0.1, 0.15) is 17.8 Å². The minimum absolute atomic E-state index is 0.0814. The first-order valence-electron chi connectivity index (χ1n) is 9.61. The summed E-state index contributed by atoms with van der Waals surface area (Å²) in [5, 5.41) is 14.7. The predicted octanol–water partition coefficient (Wildman–Crippen LogP) is 2.69. The lowest BCUT2D eigenvalue weighted by Gasteiger charge is -2.25. The fraction of sp³-hybridized carbons (Fsp3) is 0.318. The molecule has 7 nitrogen and oxygen atoms in total. The third kappa shape index (κ3) is 7.77. The molecular formula is C22H26F2N6O.